The number of hydrogen-bond donors (Lipinski definition) is 2. The summed E-state index contributed by atoms with van der Waals surface area (Å²) in [5, 5.41) is 4.41. The Kier molecular flexibility index (Phi) is 9.35. The molecule has 0 spiro atoms. The molecule has 19 heavy (non-hydrogen) atoms. The van der Waals surface area contributed by atoms with Crippen LogP contribution in [0.25, 0.3) is 0 Å². The molecule has 0 bridgehead atoms. The fraction of sp³-hybridized carbons (Fsp3) is 0.286. The van der Waals surface area contributed by atoms with Gasteiger partial charge in [0, 0.05) is 17.7 Å². The zero-order valence-electron chi connectivity index (χ0n) is 11.0. The van der Waals surface area contributed by atoms with Crippen molar-refractivity contribution in [3.8, 4) is 5.75 Å². The van der Waals surface area contributed by atoms with Crippen LogP contribution in [0.3, 0.4) is 0 Å². The predicted octanol–water partition coefficient (Wildman–Crippen LogP) is -5.69. The van der Waals surface area contributed by atoms with Crippen molar-refractivity contribution in [1.29, 1.82) is 0 Å². The van der Waals surface area contributed by atoms with Crippen LogP contribution < -0.4 is 40.2 Å². The van der Waals surface area contributed by atoms with Crippen LogP contribution in [-0.4, -0.2) is 19.7 Å². The van der Waals surface area contributed by atoms with Gasteiger partial charge in [-0.3, -0.25) is 0 Å². The fourth-order valence-electron chi connectivity index (χ4n) is 1.81. The molecule has 0 atom stereocenters. The molecular weight excluding hydrogens is 283 g/mol. The summed E-state index contributed by atoms with van der Waals surface area (Å²) in [6.07, 6.45) is 6.57. The molecule has 0 aromatic heterocycles. The number of nitrogens with two attached hydrogens (primary N) is 2. The van der Waals surface area contributed by atoms with Crippen LogP contribution in [0.5, 0.6) is 5.75 Å². The monoisotopic (exact) mass is 302 g/mol. The maximum Gasteiger partial charge on any atom is 0.130 e. The lowest BCUT2D eigenvalue weighted by molar-refractivity contribution is -0.581. The Morgan fingerprint density at radius 2 is 1.95 bits per heavy atom. The molecule has 1 aromatic rings. The molecule has 0 aliphatic carbocycles. The highest BCUT2D eigenvalue weighted by molar-refractivity contribution is 5.35. The Hall–Kier alpha value is -1.000. The molecule has 106 valence electrons. The highest BCUT2D eigenvalue weighted by Crippen LogP contribution is 2.12. The fourth-order valence-corrected chi connectivity index (χ4v) is 1.81. The summed E-state index contributed by atoms with van der Waals surface area (Å²) in [7, 11) is 0. The highest BCUT2D eigenvalue weighted by Gasteiger charge is 2.03. The second kappa shape index (κ2) is 9.87. The molecule has 1 aliphatic rings. The normalized spacial score (nSPS) is 13.0. The Labute approximate surface area is 126 Å². The molecule has 0 fully saturated rings. The number of benzene rings is 1. The van der Waals surface area contributed by atoms with Gasteiger partial charge in [-0.25, -0.2) is 0 Å². The molecule has 3 nitrogen and oxygen atoms in total. The number of ether oxygens (including phenoxy) is 1. The van der Waals surface area contributed by atoms with Crippen molar-refractivity contribution in [2.45, 2.75) is 6.92 Å². The first-order valence-corrected chi connectivity index (χ1v) is 6.13. The van der Waals surface area contributed by atoms with Crippen molar-refractivity contribution in [3.63, 3.8) is 0 Å². The third-order valence-corrected chi connectivity index (χ3v) is 2.73. The summed E-state index contributed by atoms with van der Waals surface area (Å²) in [6, 6.07) is 8.25. The van der Waals surface area contributed by atoms with E-state index in [2.05, 4.69) is 41.1 Å². The minimum atomic E-state index is 0. The number of hydrogen-bond acceptors (Lipinski definition) is 1. The number of quaternary nitrogens is 2. The minimum absolute atomic E-state index is 0. The number of rotatable bonds is 5. The van der Waals surface area contributed by atoms with E-state index in [-0.39, 0.29) is 24.8 Å². The zero-order valence-corrected chi connectivity index (χ0v) is 12.5. The molecule has 1 aliphatic heterocycles. The molecule has 2 rings (SSSR count). The molecule has 4 N–H and O–H groups in total. The Morgan fingerprint density at radius 3 is 2.53 bits per heavy atom. The van der Waals surface area contributed by atoms with Gasteiger partial charge in [0.25, 0.3) is 0 Å². The summed E-state index contributed by atoms with van der Waals surface area (Å²) in [4.78, 5) is 0. The maximum absolute atomic E-state index is 5.41. The lowest BCUT2D eigenvalue weighted by Crippen LogP contribution is -3.00. The average molecular weight is 303 g/mol. The first kappa shape index (κ1) is 18.0. The first-order chi connectivity index (χ1) is 8.38. The lowest BCUT2D eigenvalue weighted by atomic mass is 10.2. The molecule has 0 radical (unpaired) electrons. The second-order valence-electron chi connectivity index (χ2n) is 4.02. The van der Waals surface area contributed by atoms with Gasteiger partial charge >= 0.3 is 0 Å². The first-order valence-electron chi connectivity index (χ1n) is 6.13. The van der Waals surface area contributed by atoms with E-state index < -0.39 is 0 Å². The molecule has 0 saturated carbocycles. The van der Waals surface area contributed by atoms with E-state index in [0.29, 0.717) is 0 Å². The SMILES string of the molecule is CCOc1ccc([NH2+]CC2=CC[NH2+]C=C2)cc1.[Cl-].[Cl-]. The van der Waals surface area contributed by atoms with E-state index in [1.54, 1.807) is 0 Å². The zero-order chi connectivity index (χ0) is 11.9. The van der Waals surface area contributed by atoms with Crippen molar-refractivity contribution in [2.24, 2.45) is 0 Å². The van der Waals surface area contributed by atoms with E-state index in [9.17, 15) is 0 Å². The Bertz CT molecular complexity index is 416. The van der Waals surface area contributed by atoms with Crippen LogP contribution in [0.1, 0.15) is 6.92 Å². The van der Waals surface area contributed by atoms with Crippen LogP contribution in [-0.2, 0) is 0 Å². The van der Waals surface area contributed by atoms with Crippen molar-refractivity contribution in [3.05, 3.63) is 48.2 Å². The van der Waals surface area contributed by atoms with E-state index in [0.717, 1.165) is 25.4 Å². The third kappa shape index (κ3) is 6.12. The Balaban J connectivity index is 0.00000162. The second-order valence-corrected chi connectivity index (χ2v) is 4.02. The van der Waals surface area contributed by atoms with Crippen LogP contribution in [0, 0.1) is 0 Å². The standard InChI is InChI=1S/C14H18N2O.2ClH/c1-2-17-14-5-3-13(4-6-14)16-11-12-7-9-15-10-8-12;;/h3-9,15-16H,2,10-11H2,1H3;2*1H. The van der Waals surface area contributed by atoms with E-state index >= 15 is 0 Å². The van der Waals surface area contributed by atoms with Gasteiger partial charge in [0.05, 0.1) is 19.4 Å². The average Bonchev–Trinajstić information content (AvgIpc) is 2.40. The van der Waals surface area contributed by atoms with Crippen LogP contribution in [0.15, 0.2) is 48.2 Å². The van der Waals surface area contributed by atoms with Gasteiger partial charge < -0.3 is 40.2 Å². The van der Waals surface area contributed by atoms with E-state index in [1.807, 2.05) is 19.1 Å². The van der Waals surface area contributed by atoms with Gasteiger partial charge in [-0.1, -0.05) is 0 Å². The van der Waals surface area contributed by atoms with Crippen molar-refractivity contribution in [2.75, 3.05) is 19.7 Å². The molecule has 0 saturated heterocycles. The summed E-state index contributed by atoms with van der Waals surface area (Å²) < 4.78 is 5.41. The van der Waals surface area contributed by atoms with Gasteiger partial charge in [0.2, 0.25) is 0 Å². The van der Waals surface area contributed by atoms with Crippen molar-refractivity contribution in [1.82, 2.24) is 0 Å². The van der Waals surface area contributed by atoms with E-state index in [4.69, 9.17) is 4.74 Å². The van der Waals surface area contributed by atoms with Gasteiger partial charge in [-0.05, 0) is 31.2 Å². The topological polar surface area (TPSA) is 42.5 Å². The molecule has 1 aromatic carbocycles. The molecule has 0 amide bonds. The van der Waals surface area contributed by atoms with Gasteiger partial charge in [-0.2, -0.15) is 0 Å². The quantitative estimate of drug-likeness (QED) is 0.523. The highest BCUT2D eigenvalue weighted by atomic mass is 35.5. The van der Waals surface area contributed by atoms with Crippen LogP contribution in [0.2, 0.25) is 0 Å². The maximum atomic E-state index is 5.41. The largest absolute Gasteiger partial charge is 1.00 e. The predicted molar refractivity (Wildman–Crippen MR) is 68.1 cm³/mol. The molecule has 1 heterocycles. The third-order valence-electron chi connectivity index (χ3n) is 2.73. The van der Waals surface area contributed by atoms with E-state index in [1.165, 1.54) is 11.3 Å². The minimum Gasteiger partial charge on any atom is -1.00 e. The van der Waals surface area contributed by atoms with Gasteiger partial charge in [0.1, 0.15) is 18.0 Å². The number of halogens is 2. The van der Waals surface area contributed by atoms with Crippen molar-refractivity contribution < 1.29 is 40.2 Å². The Morgan fingerprint density at radius 1 is 1.21 bits per heavy atom. The summed E-state index contributed by atoms with van der Waals surface area (Å²) in [5.41, 5.74) is 2.64. The molecule has 5 heteroatoms. The van der Waals surface area contributed by atoms with Gasteiger partial charge in [-0.15, -0.1) is 0 Å². The molecule has 0 unspecified atom stereocenters. The summed E-state index contributed by atoms with van der Waals surface area (Å²) >= 11 is 0. The van der Waals surface area contributed by atoms with Gasteiger partial charge in [0.15, 0.2) is 0 Å². The summed E-state index contributed by atoms with van der Waals surface area (Å²) in [5.74, 6) is 0.941. The lowest BCUT2D eigenvalue weighted by Gasteiger charge is -2.06. The molecular formula is C14H20Cl2N2O. The van der Waals surface area contributed by atoms with Crippen molar-refractivity contribution >= 4 is 5.69 Å². The van der Waals surface area contributed by atoms with Crippen LogP contribution in [0.4, 0.5) is 5.69 Å². The smallest absolute Gasteiger partial charge is 0.130 e. The summed E-state index contributed by atoms with van der Waals surface area (Å²) in [6.45, 7) is 4.78. The van der Waals surface area contributed by atoms with Crippen LogP contribution >= 0.6 is 0 Å².